The van der Waals surface area contributed by atoms with E-state index in [0.717, 1.165) is 42.9 Å². The number of benzene rings is 3. The summed E-state index contributed by atoms with van der Waals surface area (Å²) in [6.45, 7) is 4.15. The first kappa shape index (κ1) is 21.8. The maximum atomic E-state index is 13.3. The lowest BCUT2D eigenvalue weighted by Crippen LogP contribution is -3.14. The van der Waals surface area contributed by atoms with E-state index >= 15 is 0 Å². The number of piperidine rings is 1. The van der Waals surface area contributed by atoms with Gasteiger partial charge in [0.1, 0.15) is 0 Å². The molecule has 5 nitrogen and oxygen atoms in total. The van der Waals surface area contributed by atoms with Crippen molar-refractivity contribution in [2.75, 3.05) is 24.5 Å². The molecule has 0 saturated carbocycles. The number of anilines is 2. The van der Waals surface area contributed by atoms with Crippen molar-refractivity contribution in [1.29, 1.82) is 0 Å². The molecule has 0 radical (unpaired) electrons. The Kier molecular flexibility index (Phi) is 6.97. The van der Waals surface area contributed by atoms with Gasteiger partial charge in [0.05, 0.1) is 13.1 Å². The van der Waals surface area contributed by atoms with Gasteiger partial charge < -0.3 is 10.2 Å². The summed E-state index contributed by atoms with van der Waals surface area (Å²) >= 11 is 0. The third-order valence-electron chi connectivity index (χ3n) is 5.99. The maximum absolute atomic E-state index is 13.3. The van der Waals surface area contributed by atoms with E-state index in [1.807, 2.05) is 91.9 Å². The van der Waals surface area contributed by atoms with Crippen molar-refractivity contribution in [3.05, 3.63) is 96.1 Å². The van der Waals surface area contributed by atoms with Crippen LogP contribution >= 0.6 is 0 Å². The first-order valence-corrected chi connectivity index (χ1v) is 11.2. The van der Waals surface area contributed by atoms with E-state index < -0.39 is 0 Å². The summed E-state index contributed by atoms with van der Waals surface area (Å²) in [6, 6.07) is 27.4. The third-order valence-corrected chi connectivity index (χ3v) is 5.99. The number of likely N-dealkylation sites (tertiary alicyclic amines) is 1. The molecule has 1 heterocycles. The van der Waals surface area contributed by atoms with Gasteiger partial charge in [0.25, 0.3) is 11.8 Å². The molecular weight excluding hydrogens is 398 g/mol. The van der Waals surface area contributed by atoms with Gasteiger partial charge in [0.15, 0.2) is 6.54 Å². The first-order chi connectivity index (χ1) is 15.6. The maximum Gasteiger partial charge on any atom is 0.286 e. The van der Waals surface area contributed by atoms with Crippen molar-refractivity contribution in [3.8, 4) is 0 Å². The minimum Gasteiger partial charge on any atom is -0.349 e. The molecule has 164 valence electrons. The van der Waals surface area contributed by atoms with Crippen molar-refractivity contribution in [1.82, 2.24) is 5.32 Å². The number of quaternary nitrogens is 1. The predicted molar refractivity (Wildman–Crippen MR) is 127 cm³/mol. The largest absolute Gasteiger partial charge is 0.349 e. The van der Waals surface area contributed by atoms with E-state index in [2.05, 4.69) is 5.32 Å². The summed E-state index contributed by atoms with van der Waals surface area (Å²) < 4.78 is 0. The van der Waals surface area contributed by atoms with Crippen LogP contribution in [0.1, 0.15) is 28.8 Å². The topological polar surface area (TPSA) is 53.9 Å². The molecule has 5 heteroatoms. The quantitative estimate of drug-likeness (QED) is 0.634. The van der Waals surface area contributed by atoms with Crippen LogP contribution in [0.5, 0.6) is 0 Å². The average Bonchev–Trinajstić information content (AvgIpc) is 2.82. The van der Waals surface area contributed by atoms with Crippen LogP contribution in [0.2, 0.25) is 0 Å². The van der Waals surface area contributed by atoms with Crippen molar-refractivity contribution in [2.24, 2.45) is 0 Å². The zero-order valence-electron chi connectivity index (χ0n) is 18.5. The third kappa shape index (κ3) is 5.42. The van der Waals surface area contributed by atoms with Crippen molar-refractivity contribution in [2.45, 2.75) is 25.8 Å². The van der Waals surface area contributed by atoms with E-state index in [1.165, 1.54) is 4.90 Å². The Balaban J connectivity index is 1.35. The van der Waals surface area contributed by atoms with Crippen molar-refractivity contribution >= 4 is 23.2 Å². The molecule has 4 rings (SSSR count). The van der Waals surface area contributed by atoms with Crippen molar-refractivity contribution in [3.63, 3.8) is 0 Å². The van der Waals surface area contributed by atoms with Crippen LogP contribution in [0.25, 0.3) is 0 Å². The number of aryl methyl sites for hydroxylation is 1. The van der Waals surface area contributed by atoms with E-state index in [4.69, 9.17) is 0 Å². The summed E-state index contributed by atoms with van der Waals surface area (Å²) in [6.07, 6.45) is 1.74. The summed E-state index contributed by atoms with van der Waals surface area (Å²) in [5, 5.41) is 3.16. The second kappa shape index (κ2) is 10.2. The van der Waals surface area contributed by atoms with Gasteiger partial charge in [-0.2, -0.15) is 0 Å². The number of carbonyl (C=O) groups is 2. The Morgan fingerprint density at radius 1 is 0.875 bits per heavy atom. The number of nitrogens with one attached hydrogen (secondary N) is 2. The second-order valence-corrected chi connectivity index (χ2v) is 8.44. The van der Waals surface area contributed by atoms with Gasteiger partial charge in [-0.1, -0.05) is 54.1 Å². The highest BCUT2D eigenvalue weighted by atomic mass is 16.2. The minimum absolute atomic E-state index is 0.0162. The smallest absolute Gasteiger partial charge is 0.286 e. The van der Waals surface area contributed by atoms with Crippen LogP contribution in [-0.4, -0.2) is 37.5 Å². The van der Waals surface area contributed by atoms with Crippen LogP contribution in [0, 0.1) is 6.92 Å². The summed E-state index contributed by atoms with van der Waals surface area (Å²) in [4.78, 5) is 28.9. The molecule has 0 unspecified atom stereocenters. The van der Waals surface area contributed by atoms with Gasteiger partial charge in [-0.15, -0.1) is 0 Å². The second-order valence-electron chi connectivity index (χ2n) is 8.44. The molecule has 2 N–H and O–H groups in total. The van der Waals surface area contributed by atoms with Crippen LogP contribution < -0.4 is 15.1 Å². The normalized spacial score (nSPS) is 18.0. The fourth-order valence-electron chi connectivity index (χ4n) is 4.29. The molecule has 1 aliphatic rings. The lowest BCUT2D eigenvalue weighted by Gasteiger charge is -2.31. The fraction of sp³-hybridized carbons (Fsp3) is 0.259. The van der Waals surface area contributed by atoms with Gasteiger partial charge in [-0.05, 0) is 43.3 Å². The van der Waals surface area contributed by atoms with E-state index in [1.54, 1.807) is 4.90 Å². The molecule has 0 aromatic heterocycles. The Labute approximate surface area is 189 Å². The molecule has 1 aliphatic heterocycles. The number of para-hydroxylation sites is 2. The molecule has 3 aromatic rings. The average molecular weight is 429 g/mol. The van der Waals surface area contributed by atoms with Gasteiger partial charge in [-0.3, -0.25) is 14.5 Å². The van der Waals surface area contributed by atoms with Crippen LogP contribution in [0.4, 0.5) is 11.4 Å². The number of nitrogens with zero attached hydrogens (tertiary/aromatic N) is 1. The van der Waals surface area contributed by atoms with E-state index in [9.17, 15) is 9.59 Å². The number of rotatable bonds is 6. The van der Waals surface area contributed by atoms with Gasteiger partial charge in [-0.25, -0.2) is 0 Å². The highest BCUT2D eigenvalue weighted by molar-refractivity contribution is 6.01. The monoisotopic (exact) mass is 428 g/mol. The minimum atomic E-state index is -0.0162. The Morgan fingerprint density at radius 3 is 2.03 bits per heavy atom. The number of hydrogen-bond donors (Lipinski definition) is 2. The Bertz CT molecular complexity index is 1010. The molecule has 1 saturated heterocycles. The SMILES string of the molecule is Cc1cccc(C(=O)NC2CC[NH+](CC(=O)N(c3ccccc3)c3ccccc3)CC2)c1. The molecule has 0 bridgehead atoms. The summed E-state index contributed by atoms with van der Waals surface area (Å²) in [7, 11) is 0. The molecule has 0 atom stereocenters. The fourth-order valence-corrected chi connectivity index (χ4v) is 4.29. The van der Waals surface area contributed by atoms with Gasteiger partial charge in [0, 0.05) is 35.8 Å². The highest BCUT2D eigenvalue weighted by Crippen LogP contribution is 2.24. The summed E-state index contributed by atoms with van der Waals surface area (Å²) in [5.74, 6) is 0.0669. The van der Waals surface area contributed by atoms with Gasteiger partial charge >= 0.3 is 0 Å². The van der Waals surface area contributed by atoms with Crippen LogP contribution in [-0.2, 0) is 4.79 Å². The van der Waals surface area contributed by atoms with E-state index in [0.29, 0.717) is 12.1 Å². The zero-order valence-corrected chi connectivity index (χ0v) is 18.5. The molecule has 32 heavy (non-hydrogen) atoms. The molecule has 0 spiro atoms. The Morgan fingerprint density at radius 2 is 1.47 bits per heavy atom. The molecule has 2 amide bonds. The molecule has 3 aromatic carbocycles. The Hall–Kier alpha value is -3.44. The summed E-state index contributed by atoms with van der Waals surface area (Å²) in [5.41, 5.74) is 3.54. The predicted octanol–water partition coefficient (Wildman–Crippen LogP) is 3.14. The molecule has 1 fully saturated rings. The van der Waals surface area contributed by atoms with Gasteiger partial charge in [0.2, 0.25) is 0 Å². The zero-order chi connectivity index (χ0) is 22.3. The van der Waals surface area contributed by atoms with Crippen LogP contribution in [0.15, 0.2) is 84.9 Å². The van der Waals surface area contributed by atoms with Crippen molar-refractivity contribution < 1.29 is 14.5 Å². The van der Waals surface area contributed by atoms with Crippen LogP contribution in [0.3, 0.4) is 0 Å². The highest BCUT2D eigenvalue weighted by Gasteiger charge is 2.28. The lowest BCUT2D eigenvalue weighted by molar-refractivity contribution is -0.897. The number of hydrogen-bond acceptors (Lipinski definition) is 2. The van der Waals surface area contributed by atoms with E-state index in [-0.39, 0.29) is 17.9 Å². The first-order valence-electron chi connectivity index (χ1n) is 11.2. The molecular formula is C27H30N3O2+. The molecule has 0 aliphatic carbocycles. The number of amides is 2. The lowest BCUT2D eigenvalue weighted by atomic mass is 10.0. The standard InChI is InChI=1S/C27H29N3O2/c1-21-9-8-10-22(19-21)27(32)28-23-15-17-29(18-16-23)20-26(31)30(24-11-4-2-5-12-24)25-13-6-3-7-14-25/h2-14,19,23H,15-18,20H2,1H3,(H,28,32)/p+1. The number of carbonyl (C=O) groups excluding carboxylic acids is 2.